The highest BCUT2D eigenvalue weighted by atomic mass is 19.1. The maximum absolute atomic E-state index is 13.7. The first kappa shape index (κ1) is 13.5. The lowest BCUT2D eigenvalue weighted by molar-refractivity contribution is 0.297. The summed E-state index contributed by atoms with van der Waals surface area (Å²) in [6, 6.07) is 5.15. The molecule has 92 valence electrons. The van der Waals surface area contributed by atoms with Gasteiger partial charge in [-0.1, -0.05) is 6.07 Å². The second kappa shape index (κ2) is 6.93. The molecule has 0 saturated carbocycles. The maximum Gasteiger partial charge on any atom is 0.165 e. The summed E-state index contributed by atoms with van der Waals surface area (Å²) in [4.78, 5) is 0. The lowest BCUT2D eigenvalue weighted by Gasteiger charge is -2.12. The minimum absolute atomic E-state index is 0.125. The Labute approximate surface area is 102 Å². The van der Waals surface area contributed by atoms with Crippen LogP contribution in [-0.4, -0.2) is 13.7 Å². The van der Waals surface area contributed by atoms with E-state index >= 15 is 0 Å². The second-order valence-corrected chi connectivity index (χ2v) is 3.86. The summed E-state index contributed by atoms with van der Waals surface area (Å²) < 4.78 is 19.0. The molecule has 1 unspecified atom stereocenters. The highest BCUT2D eigenvalue weighted by molar-refractivity contribution is 5.30. The van der Waals surface area contributed by atoms with E-state index in [-0.39, 0.29) is 17.6 Å². The van der Waals surface area contributed by atoms with Gasteiger partial charge in [0.15, 0.2) is 11.6 Å². The van der Waals surface area contributed by atoms with Gasteiger partial charge in [0.2, 0.25) is 0 Å². The number of benzene rings is 1. The summed E-state index contributed by atoms with van der Waals surface area (Å²) in [6.45, 7) is 2.42. The highest BCUT2D eigenvalue weighted by Crippen LogP contribution is 2.22. The van der Waals surface area contributed by atoms with Crippen molar-refractivity contribution in [2.24, 2.45) is 0 Å². The fraction of sp³-hybridized carbons (Fsp3) is 0.429. The zero-order valence-corrected chi connectivity index (χ0v) is 10.3. The van der Waals surface area contributed by atoms with Gasteiger partial charge in [-0.15, -0.1) is 12.3 Å². The van der Waals surface area contributed by atoms with Crippen molar-refractivity contribution in [2.45, 2.75) is 25.8 Å². The molecular weight excluding hydrogens is 217 g/mol. The van der Waals surface area contributed by atoms with Crippen LogP contribution in [0.2, 0.25) is 0 Å². The first-order valence-corrected chi connectivity index (χ1v) is 5.72. The van der Waals surface area contributed by atoms with Gasteiger partial charge in [0.05, 0.1) is 6.61 Å². The van der Waals surface area contributed by atoms with Gasteiger partial charge in [0.1, 0.15) is 0 Å². The molecule has 0 heterocycles. The monoisotopic (exact) mass is 235 g/mol. The molecule has 0 amide bonds. The van der Waals surface area contributed by atoms with E-state index < -0.39 is 0 Å². The van der Waals surface area contributed by atoms with Crippen LogP contribution in [0.1, 0.15) is 31.4 Å². The molecule has 1 rings (SSSR count). The Morgan fingerprint density at radius 3 is 2.88 bits per heavy atom. The molecule has 1 aromatic carbocycles. The van der Waals surface area contributed by atoms with Crippen molar-refractivity contribution in [3.8, 4) is 18.1 Å². The van der Waals surface area contributed by atoms with Crippen LogP contribution in [0.4, 0.5) is 4.39 Å². The van der Waals surface area contributed by atoms with Crippen molar-refractivity contribution in [1.82, 2.24) is 5.32 Å². The van der Waals surface area contributed by atoms with E-state index in [1.54, 1.807) is 6.07 Å². The quantitative estimate of drug-likeness (QED) is 0.604. The Bertz CT molecular complexity index is 398. The van der Waals surface area contributed by atoms with Crippen molar-refractivity contribution in [2.75, 3.05) is 13.7 Å². The Morgan fingerprint density at radius 1 is 1.53 bits per heavy atom. The first-order chi connectivity index (χ1) is 8.19. The summed E-state index contributed by atoms with van der Waals surface area (Å²) in [5, 5.41) is 3.06. The molecule has 0 aliphatic heterocycles. The van der Waals surface area contributed by atoms with E-state index in [1.165, 1.54) is 6.07 Å². The number of rotatable bonds is 6. The van der Waals surface area contributed by atoms with Gasteiger partial charge in [0, 0.05) is 12.5 Å². The smallest absolute Gasteiger partial charge is 0.165 e. The van der Waals surface area contributed by atoms with Crippen molar-refractivity contribution < 1.29 is 9.13 Å². The SMILES string of the molecule is C#CCCCOc1ccc(C(C)NC)cc1F. The van der Waals surface area contributed by atoms with Gasteiger partial charge in [-0.2, -0.15) is 0 Å². The highest BCUT2D eigenvalue weighted by Gasteiger charge is 2.08. The van der Waals surface area contributed by atoms with E-state index in [0.717, 1.165) is 12.0 Å². The van der Waals surface area contributed by atoms with Gasteiger partial charge in [0.25, 0.3) is 0 Å². The maximum atomic E-state index is 13.7. The van der Waals surface area contributed by atoms with E-state index in [2.05, 4.69) is 11.2 Å². The summed E-state index contributed by atoms with van der Waals surface area (Å²) >= 11 is 0. The van der Waals surface area contributed by atoms with E-state index in [0.29, 0.717) is 13.0 Å². The molecule has 0 radical (unpaired) electrons. The number of ether oxygens (including phenoxy) is 1. The molecule has 0 aromatic heterocycles. The van der Waals surface area contributed by atoms with E-state index in [4.69, 9.17) is 11.2 Å². The van der Waals surface area contributed by atoms with Crippen molar-refractivity contribution in [1.29, 1.82) is 0 Å². The van der Waals surface area contributed by atoms with Gasteiger partial charge in [-0.25, -0.2) is 4.39 Å². The third-order valence-corrected chi connectivity index (χ3v) is 2.61. The fourth-order valence-corrected chi connectivity index (χ4v) is 1.43. The molecule has 3 heteroatoms. The van der Waals surface area contributed by atoms with Gasteiger partial charge in [-0.05, 0) is 38.1 Å². The van der Waals surface area contributed by atoms with Crippen molar-refractivity contribution >= 4 is 0 Å². The van der Waals surface area contributed by atoms with Crippen LogP contribution in [-0.2, 0) is 0 Å². The Morgan fingerprint density at radius 2 is 2.29 bits per heavy atom. The molecule has 0 fully saturated rings. The predicted molar refractivity (Wildman–Crippen MR) is 67.4 cm³/mol. The Balaban J connectivity index is 2.60. The summed E-state index contributed by atoms with van der Waals surface area (Å²) in [7, 11) is 1.84. The number of terminal acetylenes is 1. The Hall–Kier alpha value is -1.53. The normalized spacial score (nSPS) is 11.9. The van der Waals surface area contributed by atoms with Crippen LogP contribution in [0.15, 0.2) is 18.2 Å². The molecule has 2 nitrogen and oxygen atoms in total. The van der Waals surface area contributed by atoms with E-state index in [9.17, 15) is 4.39 Å². The topological polar surface area (TPSA) is 21.3 Å². The van der Waals surface area contributed by atoms with Crippen LogP contribution < -0.4 is 10.1 Å². The van der Waals surface area contributed by atoms with Crippen LogP contribution >= 0.6 is 0 Å². The second-order valence-electron chi connectivity index (χ2n) is 3.86. The molecule has 0 saturated heterocycles. The lowest BCUT2D eigenvalue weighted by Crippen LogP contribution is -2.12. The number of nitrogens with one attached hydrogen (secondary N) is 1. The number of halogens is 1. The summed E-state index contributed by atoms with van der Waals surface area (Å²) in [5.41, 5.74) is 0.904. The third-order valence-electron chi connectivity index (χ3n) is 2.61. The molecule has 0 aliphatic carbocycles. The average molecular weight is 235 g/mol. The zero-order chi connectivity index (χ0) is 12.7. The van der Waals surface area contributed by atoms with Crippen LogP contribution in [0.3, 0.4) is 0 Å². The number of hydrogen-bond donors (Lipinski definition) is 1. The van der Waals surface area contributed by atoms with E-state index in [1.807, 2.05) is 20.0 Å². The van der Waals surface area contributed by atoms with Crippen molar-refractivity contribution in [3.63, 3.8) is 0 Å². The number of hydrogen-bond acceptors (Lipinski definition) is 2. The minimum atomic E-state index is -0.328. The van der Waals surface area contributed by atoms with Crippen molar-refractivity contribution in [3.05, 3.63) is 29.6 Å². The van der Waals surface area contributed by atoms with Crippen LogP contribution in [0, 0.1) is 18.2 Å². The first-order valence-electron chi connectivity index (χ1n) is 5.72. The zero-order valence-electron chi connectivity index (χ0n) is 10.3. The molecular formula is C14H18FNO. The summed E-state index contributed by atoms with van der Waals surface area (Å²) in [5.74, 6) is 2.48. The van der Waals surface area contributed by atoms with Crippen LogP contribution in [0.5, 0.6) is 5.75 Å². The standard InChI is InChI=1S/C14H18FNO/c1-4-5-6-9-17-14-8-7-12(10-13(14)15)11(2)16-3/h1,7-8,10-11,16H,5-6,9H2,2-3H3. The minimum Gasteiger partial charge on any atom is -0.490 e. The van der Waals surface area contributed by atoms with Gasteiger partial charge >= 0.3 is 0 Å². The molecule has 1 N–H and O–H groups in total. The van der Waals surface area contributed by atoms with Gasteiger partial charge in [-0.3, -0.25) is 0 Å². The summed E-state index contributed by atoms with van der Waals surface area (Å²) in [6.07, 6.45) is 6.51. The molecule has 0 spiro atoms. The Kier molecular flexibility index (Phi) is 5.51. The number of unbranched alkanes of at least 4 members (excludes halogenated alkanes) is 1. The molecule has 0 aliphatic rings. The lowest BCUT2D eigenvalue weighted by atomic mass is 10.1. The van der Waals surface area contributed by atoms with Gasteiger partial charge < -0.3 is 10.1 Å². The third kappa shape index (κ3) is 4.08. The molecule has 1 aromatic rings. The molecule has 17 heavy (non-hydrogen) atoms. The fourth-order valence-electron chi connectivity index (χ4n) is 1.43. The molecule has 1 atom stereocenters. The predicted octanol–water partition coefficient (Wildman–Crippen LogP) is 2.90. The van der Waals surface area contributed by atoms with Crippen LogP contribution in [0.25, 0.3) is 0 Å². The average Bonchev–Trinajstić information content (AvgIpc) is 2.35. The molecule has 0 bridgehead atoms. The largest absolute Gasteiger partial charge is 0.490 e.